The molecule has 0 unspecified atom stereocenters. The van der Waals surface area contributed by atoms with E-state index in [0.717, 1.165) is 5.56 Å². The number of carbonyl (C=O) groups is 2. The summed E-state index contributed by atoms with van der Waals surface area (Å²) in [5.74, 6) is 1.04. The average Bonchev–Trinajstić information content (AvgIpc) is 3.32. The van der Waals surface area contributed by atoms with E-state index in [2.05, 4.69) is 21.2 Å². The lowest BCUT2D eigenvalue weighted by Crippen LogP contribution is -2.41. The Bertz CT molecular complexity index is 1720. The molecule has 1 N–H and O–H groups in total. The molecule has 4 aromatic rings. The first-order valence-corrected chi connectivity index (χ1v) is 14.1. The second-order valence-electron chi connectivity index (χ2n) is 9.48. The van der Waals surface area contributed by atoms with Crippen LogP contribution in [0.15, 0.2) is 69.9 Å². The SMILES string of the molecule is COc1ccc(-n2c(C(=O)NCc3ccc(OC)cc3OC)c3n(c2=O)CCN(C(=O)c2ccc(Br)c(Cl)c2)C3)cc1. The van der Waals surface area contributed by atoms with Crippen LogP contribution in [0.25, 0.3) is 5.69 Å². The van der Waals surface area contributed by atoms with Crippen molar-refractivity contribution in [3.8, 4) is 22.9 Å². The van der Waals surface area contributed by atoms with E-state index in [1.54, 1.807) is 84.4 Å². The zero-order valence-corrected chi connectivity index (χ0v) is 25.5. The molecule has 5 rings (SSSR count). The number of ether oxygens (including phenoxy) is 3. The van der Waals surface area contributed by atoms with Gasteiger partial charge in [-0.05, 0) is 70.5 Å². The van der Waals surface area contributed by atoms with Crippen LogP contribution in [-0.4, -0.2) is 53.7 Å². The maximum Gasteiger partial charge on any atom is 0.333 e. The second kappa shape index (κ2) is 12.3. The van der Waals surface area contributed by atoms with Crippen molar-refractivity contribution in [1.82, 2.24) is 19.4 Å². The summed E-state index contributed by atoms with van der Waals surface area (Å²) >= 11 is 9.58. The van der Waals surface area contributed by atoms with Crippen molar-refractivity contribution in [2.24, 2.45) is 0 Å². The minimum atomic E-state index is -0.476. The van der Waals surface area contributed by atoms with Crippen molar-refractivity contribution < 1.29 is 23.8 Å². The van der Waals surface area contributed by atoms with Crippen molar-refractivity contribution >= 4 is 39.3 Å². The Morgan fingerprint density at radius 3 is 2.31 bits per heavy atom. The van der Waals surface area contributed by atoms with Gasteiger partial charge in [0.15, 0.2) is 0 Å². The van der Waals surface area contributed by atoms with Crippen LogP contribution in [0.2, 0.25) is 5.02 Å². The Labute approximate surface area is 255 Å². The number of benzene rings is 3. The zero-order chi connectivity index (χ0) is 30.0. The van der Waals surface area contributed by atoms with Gasteiger partial charge in [0, 0.05) is 41.3 Å². The highest BCUT2D eigenvalue weighted by Gasteiger charge is 2.32. The van der Waals surface area contributed by atoms with Crippen molar-refractivity contribution in [3.63, 3.8) is 0 Å². The predicted molar refractivity (Wildman–Crippen MR) is 161 cm³/mol. The molecule has 2 heterocycles. The predicted octanol–water partition coefficient (Wildman–Crippen LogP) is 4.67. The molecule has 3 aromatic carbocycles. The summed E-state index contributed by atoms with van der Waals surface area (Å²) in [7, 11) is 4.65. The Morgan fingerprint density at radius 1 is 0.929 bits per heavy atom. The summed E-state index contributed by atoms with van der Waals surface area (Å²) in [5.41, 5.74) is 1.82. The molecule has 0 saturated carbocycles. The smallest absolute Gasteiger partial charge is 0.333 e. The summed E-state index contributed by atoms with van der Waals surface area (Å²) in [6.45, 7) is 0.697. The number of rotatable bonds is 8. The lowest BCUT2D eigenvalue weighted by Gasteiger charge is -2.28. The van der Waals surface area contributed by atoms with E-state index < -0.39 is 5.91 Å². The summed E-state index contributed by atoms with van der Waals surface area (Å²) in [4.78, 5) is 42.6. The largest absolute Gasteiger partial charge is 0.497 e. The van der Waals surface area contributed by atoms with E-state index in [4.69, 9.17) is 25.8 Å². The van der Waals surface area contributed by atoms with Gasteiger partial charge < -0.3 is 24.4 Å². The maximum absolute atomic E-state index is 13.9. The molecule has 0 radical (unpaired) electrons. The maximum atomic E-state index is 13.9. The fraction of sp³-hybridized carbons (Fsp3) is 0.233. The van der Waals surface area contributed by atoms with E-state index in [0.29, 0.717) is 43.7 Å². The summed E-state index contributed by atoms with van der Waals surface area (Å²) < 4.78 is 19.6. The Hall–Kier alpha value is -4.22. The van der Waals surface area contributed by atoms with E-state index >= 15 is 0 Å². The van der Waals surface area contributed by atoms with Gasteiger partial charge in [0.25, 0.3) is 11.8 Å². The first kappa shape index (κ1) is 29.3. The van der Waals surface area contributed by atoms with Gasteiger partial charge in [0.05, 0.1) is 44.3 Å². The standard InChI is InChI=1S/C30H28BrClN4O6/c1-40-21-9-6-20(7-10-21)36-27(28(37)33-16-19-4-8-22(41-2)15-26(19)42-3)25-17-34(12-13-35(25)30(36)39)29(38)18-5-11-23(31)24(32)14-18/h4-11,14-15H,12-13,16-17H2,1-3H3,(H,33,37). The number of fused-ring (bicyclic) bond motifs is 1. The third kappa shape index (κ3) is 5.62. The average molecular weight is 656 g/mol. The molecule has 12 heteroatoms. The van der Waals surface area contributed by atoms with E-state index in [9.17, 15) is 14.4 Å². The first-order chi connectivity index (χ1) is 20.2. The molecule has 0 aliphatic carbocycles. The molecular formula is C30H28BrClN4O6. The molecule has 0 saturated heterocycles. The molecule has 218 valence electrons. The number of amides is 2. The third-order valence-electron chi connectivity index (χ3n) is 7.11. The van der Waals surface area contributed by atoms with Gasteiger partial charge >= 0.3 is 5.69 Å². The third-order valence-corrected chi connectivity index (χ3v) is 8.34. The van der Waals surface area contributed by atoms with Crippen LogP contribution in [0.5, 0.6) is 17.2 Å². The van der Waals surface area contributed by atoms with E-state index in [1.807, 2.05) is 0 Å². The molecule has 0 fully saturated rings. The first-order valence-electron chi connectivity index (χ1n) is 13.0. The molecule has 0 spiro atoms. The number of hydrogen-bond donors (Lipinski definition) is 1. The number of aromatic nitrogens is 2. The van der Waals surface area contributed by atoms with Crippen LogP contribution in [0.4, 0.5) is 0 Å². The number of hydrogen-bond acceptors (Lipinski definition) is 6. The molecule has 1 aliphatic rings. The minimum Gasteiger partial charge on any atom is -0.497 e. The van der Waals surface area contributed by atoms with Gasteiger partial charge in [-0.25, -0.2) is 4.79 Å². The Kier molecular flexibility index (Phi) is 8.60. The van der Waals surface area contributed by atoms with E-state index in [-0.39, 0.29) is 43.5 Å². The molecule has 2 amide bonds. The quantitative estimate of drug-likeness (QED) is 0.296. The minimum absolute atomic E-state index is 0.0551. The molecule has 1 aliphatic heterocycles. The monoisotopic (exact) mass is 654 g/mol. The molecule has 1 aromatic heterocycles. The topological polar surface area (TPSA) is 104 Å². The van der Waals surface area contributed by atoms with Crippen molar-refractivity contribution in [2.75, 3.05) is 27.9 Å². The lowest BCUT2D eigenvalue weighted by atomic mass is 10.1. The Balaban J connectivity index is 1.52. The highest BCUT2D eigenvalue weighted by atomic mass is 79.9. The number of carbonyl (C=O) groups excluding carboxylic acids is 2. The number of nitrogens with one attached hydrogen (secondary N) is 1. The second-order valence-corrected chi connectivity index (χ2v) is 10.7. The summed E-state index contributed by atoms with van der Waals surface area (Å²) in [6, 6.07) is 17.1. The number of halogens is 2. The fourth-order valence-electron chi connectivity index (χ4n) is 4.91. The van der Waals surface area contributed by atoms with Gasteiger partial charge in [-0.1, -0.05) is 11.6 Å². The number of nitrogens with zero attached hydrogens (tertiary/aromatic N) is 3. The van der Waals surface area contributed by atoms with Gasteiger partial charge in [0.1, 0.15) is 22.9 Å². The van der Waals surface area contributed by atoms with Crippen LogP contribution in [0, 0.1) is 0 Å². The van der Waals surface area contributed by atoms with Gasteiger partial charge in [-0.15, -0.1) is 0 Å². The van der Waals surface area contributed by atoms with Crippen LogP contribution >= 0.6 is 27.5 Å². The lowest BCUT2D eigenvalue weighted by molar-refractivity contribution is 0.0706. The number of methoxy groups -OCH3 is 3. The molecule has 0 atom stereocenters. The fourth-order valence-corrected chi connectivity index (χ4v) is 5.33. The molecule has 10 nitrogen and oxygen atoms in total. The summed E-state index contributed by atoms with van der Waals surface area (Å²) in [6.07, 6.45) is 0. The van der Waals surface area contributed by atoms with Crippen LogP contribution in [-0.2, 0) is 19.6 Å². The Morgan fingerprint density at radius 2 is 1.64 bits per heavy atom. The molecular weight excluding hydrogens is 628 g/mol. The van der Waals surface area contributed by atoms with Crippen LogP contribution < -0.4 is 25.2 Å². The number of imidazole rings is 1. The normalized spacial score (nSPS) is 12.5. The van der Waals surface area contributed by atoms with Crippen molar-refractivity contribution in [2.45, 2.75) is 19.6 Å². The van der Waals surface area contributed by atoms with Crippen LogP contribution in [0.3, 0.4) is 0 Å². The van der Waals surface area contributed by atoms with E-state index in [1.165, 1.54) is 11.7 Å². The van der Waals surface area contributed by atoms with Crippen molar-refractivity contribution in [3.05, 3.63) is 103 Å². The highest BCUT2D eigenvalue weighted by molar-refractivity contribution is 9.10. The molecule has 0 bridgehead atoms. The summed E-state index contributed by atoms with van der Waals surface area (Å²) in [5, 5.41) is 3.34. The highest BCUT2D eigenvalue weighted by Crippen LogP contribution is 2.27. The molecule has 42 heavy (non-hydrogen) atoms. The van der Waals surface area contributed by atoms with Gasteiger partial charge in [-0.3, -0.25) is 18.7 Å². The zero-order valence-electron chi connectivity index (χ0n) is 23.1. The van der Waals surface area contributed by atoms with Crippen LogP contribution in [0.1, 0.15) is 32.1 Å². The van der Waals surface area contributed by atoms with Gasteiger partial charge in [-0.2, -0.15) is 0 Å². The van der Waals surface area contributed by atoms with Gasteiger partial charge in [0.2, 0.25) is 0 Å². The van der Waals surface area contributed by atoms with Crippen molar-refractivity contribution in [1.29, 1.82) is 0 Å².